The summed E-state index contributed by atoms with van der Waals surface area (Å²) in [6, 6.07) is 0.139. The SMILES string of the molecule is C=CC(=O)N1C[C@H](Nc2ncnc3[nH]cc(C(=O)O)c23)CC[C@@H]1C. The molecule has 0 aromatic carbocycles. The number of aromatic carboxylic acids is 1. The number of fused-ring (bicyclic) bond motifs is 1. The fourth-order valence-corrected chi connectivity index (χ4v) is 3.08. The number of rotatable bonds is 4. The van der Waals surface area contributed by atoms with Crippen LogP contribution in [0.5, 0.6) is 0 Å². The van der Waals surface area contributed by atoms with E-state index in [1.807, 2.05) is 6.92 Å². The number of carboxylic acid groups (broad SMARTS) is 1. The monoisotopic (exact) mass is 329 g/mol. The van der Waals surface area contributed by atoms with Crippen molar-refractivity contribution in [3.63, 3.8) is 0 Å². The number of nitrogens with one attached hydrogen (secondary N) is 2. The minimum atomic E-state index is -1.04. The van der Waals surface area contributed by atoms with Gasteiger partial charge in [-0.15, -0.1) is 0 Å². The minimum Gasteiger partial charge on any atom is -0.478 e. The molecule has 3 heterocycles. The molecular weight excluding hydrogens is 310 g/mol. The summed E-state index contributed by atoms with van der Waals surface area (Å²) < 4.78 is 0. The van der Waals surface area contributed by atoms with Crippen LogP contribution in [0.3, 0.4) is 0 Å². The summed E-state index contributed by atoms with van der Waals surface area (Å²) in [6.07, 6.45) is 5.82. The van der Waals surface area contributed by atoms with Crippen LogP contribution in [0.4, 0.5) is 5.82 Å². The van der Waals surface area contributed by atoms with Crippen molar-refractivity contribution in [3.8, 4) is 0 Å². The third-order valence-electron chi connectivity index (χ3n) is 4.38. The third-order valence-corrected chi connectivity index (χ3v) is 4.38. The Bertz CT molecular complexity index is 800. The Kier molecular flexibility index (Phi) is 4.20. The molecule has 1 fully saturated rings. The van der Waals surface area contributed by atoms with Gasteiger partial charge in [0.25, 0.3) is 0 Å². The second-order valence-electron chi connectivity index (χ2n) is 5.92. The van der Waals surface area contributed by atoms with Crippen molar-refractivity contribution in [2.75, 3.05) is 11.9 Å². The van der Waals surface area contributed by atoms with Crippen LogP contribution < -0.4 is 5.32 Å². The van der Waals surface area contributed by atoms with Crippen LogP contribution >= 0.6 is 0 Å². The minimum absolute atomic E-state index is 0.0141. The molecule has 24 heavy (non-hydrogen) atoms. The third kappa shape index (κ3) is 2.82. The van der Waals surface area contributed by atoms with Crippen molar-refractivity contribution in [1.82, 2.24) is 19.9 Å². The number of piperidine rings is 1. The number of aromatic nitrogens is 3. The van der Waals surface area contributed by atoms with Crippen molar-refractivity contribution >= 4 is 28.7 Å². The van der Waals surface area contributed by atoms with Crippen LogP contribution in [-0.4, -0.2) is 55.5 Å². The van der Waals surface area contributed by atoms with Crippen molar-refractivity contribution in [3.05, 3.63) is 30.7 Å². The number of hydrogen-bond donors (Lipinski definition) is 3. The van der Waals surface area contributed by atoms with Crippen LogP contribution in [0.15, 0.2) is 25.2 Å². The van der Waals surface area contributed by atoms with Crippen LogP contribution in [0.2, 0.25) is 0 Å². The zero-order chi connectivity index (χ0) is 17.3. The van der Waals surface area contributed by atoms with Crippen molar-refractivity contribution in [1.29, 1.82) is 0 Å². The summed E-state index contributed by atoms with van der Waals surface area (Å²) in [5.41, 5.74) is 0.587. The quantitative estimate of drug-likeness (QED) is 0.735. The highest BCUT2D eigenvalue weighted by Crippen LogP contribution is 2.26. The predicted octanol–water partition coefficient (Wildman–Crippen LogP) is 1.63. The van der Waals surface area contributed by atoms with Crippen LogP contribution in [0, 0.1) is 0 Å². The molecule has 3 N–H and O–H groups in total. The molecule has 2 aromatic heterocycles. The molecule has 126 valence electrons. The largest absolute Gasteiger partial charge is 0.478 e. The maximum absolute atomic E-state index is 12.0. The topological polar surface area (TPSA) is 111 Å². The van der Waals surface area contributed by atoms with E-state index in [9.17, 15) is 14.7 Å². The van der Waals surface area contributed by atoms with Crippen molar-refractivity contribution in [2.24, 2.45) is 0 Å². The average molecular weight is 329 g/mol. The maximum Gasteiger partial charge on any atom is 0.338 e. The average Bonchev–Trinajstić information content (AvgIpc) is 3.01. The fraction of sp³-hybridized carbons (Fsp3) is 0.375. The van der Waals surface area contributed by atoms with Gasteiger partial charge in [0.15, 0.2) is 0 Å². The van der Waals surface area contributed by atoms with E-state index in [2.05, 4.69) is 26.8 Å². The molecule has 1 saturated heterocycles. The lowest BCUT2D eigenvalue weighted by Gasteiger charge is -2.38. The Morgan fingerprint density at radius 3 is 2.96 bits per heavy atom. The molecule has 3 rings (SSSR count). The molecule has 0 unspecified atom stereocenters. The summed E-state index contributed by atoms with van der Waals surface area (Å²) in [7, 11) is 0. The lowest BCUT2D eigenvalue weighted by molar-refractivity contribution is -0.129. The normalized spacial score (nSPS) is 20.8. The van der Waals surface area contributed by atoms with Gasteiger partial charge in [-0.3, -0.25) is 4.79 Å². The van der Waals surface area contributed by atoms with E-state index in [4.69, 9.17) is 0 Å². The predicted molar refractivity (Wildman–Crippen MR) is 88.9 cm³/mol. The van der Waals surface area contributed by atoms with Gasteiger partial charge in [-0.05, 0) is 25.8 Å². The molecule has 0 spiro atoms. The number of anilines is 1. The Labute approximate surface area is 138 Å². The summed E-state index contributed by atoms with van der Waals surface area (Å²) in [6.45, 7) is 6.07. The van der Waals surface area contributed by atoms with E-state index < -0.39 is 5.97 Å². The Morgan fingerprint density at radius 1 is 1.46 bits per heavy atom. The van der Waals surface area contributed by atoms with Crippen molar-refractivity contribution in [2.45, 2.75) is 31.8 Å². The molecule has 0 aliphatic carbocycles. The van der Waals surface area contributed by atoms with Crippen LogP contribution in [0.25, 0.3) is 11.0 Å². The molecule has 2 aromatic rings. The molecule has 8 nitrogen and oxygen atoms in total. The molecular formula is C16H19N5O3. The number of hydrogen-bond acceptors (Lipinski definition) is 5. The first-order valence-corrected chi connectivity index (χ1v) is 7.76. The van der Waals surface area contributed by atoms with Gasteiger partial charge in [0.05, 0.1) is 10.9 Å². The number of carbonyl (C=O) groups excluding carboxylic acids is 1. The molecule has 1 amide bonds. The number of carboxylic acids is 1. The zero-order valence-electron chi connectivity index (χ0n) is 13.3. The second-order valence-corrected chi connectivity index (χ2v) is 5.92. The van der Waals surface area contributed by atoms with E-state index in [0.717, 1.165) is 12.8 Å². The summed E-state index contributed by atoms with van der Waals surface area (Å²) in [5, 5.41) is 13.0. The standard InChI is InChI=1S/C16H19N5O3/c1-3-12(22)21-7-10(5-4-9(21)2)20-15-13-11(16(23)24)6-17-14(13)18-8-19-15/h3,6,8-10H,1,4-5,7H2,2H3,(H,23,24)(H2,17,18,19,20)/t9-,10+/m0/s1. The molecule has 8 heteroatoms. The van der Waals surface area contributed by atoms with Gasteiger partial charge in [-0.25, -0.2) is 14.8 Å². The van der Waals surface area contributed by atoms with E-state index >= 15 is 0 Å². The molecule has 0 radical (unpaired) electrons. The van der Waals surface area contributed by atoms with Crippen molar-refractivity contribution < 1.29 is 14.7 Å². The van der Waals surface area contributed by atoms with Crippen LogP contribution in [0.1, 0.15) is 30.1 Å². The highest BCUT2D eigenvalue weighted by molar-refractivity contribution is 6.06. The number of nitrogens with zero attached hydrogens (tertiary/aromatic N) is 3. The lowest BCUT2D eigenvalue weighted by Crippen LogP contribution is -2.49. The second kappa shape index (κ2) is 6.31. The zero-order valence-corrected chi connectivity index (χ0v) is 13.3. The molecule has 1 aliphatic rings. The molecule has 1 aliphatic heterocycles. The lowest BCUT2D eigenvalue weighted by atomic mass is 9.99. The molecule has 0 bridgehead atoms. The van der Waals surface area contributed by atoms with Gasteiger partial charge in [-0.2, -0.15) is 0 Å². The number of carbonyl (C=O) groups is 2. The molecule has 2 atom stereocenters. The summed E-state index contributed by atoms with van der Waals surface area (Å²) in [4.78, 5) is 36.2. The highest BCUT2D eigenvalue weighted by Gasteiger charge is 2.28. The van der Waals surface area contributed by atoms with Gasteiger partial charge in [0, 0.05) is 24.8 Å². The Hall–Kier alpha value is -2.90. The van der Waals surface area contributed by atoms with Gasteiger partial charge in [0.1, 0.15) is 17.8 Å². The van der Waals surface area contributed by atoms with E-state index in [1.54, 1.807) is 4.90 Å². The van der Waals surface area contributed by atoms with E-state index in [1.165, 1.54) is 18.6 Å². The highest BCUT2D eigenvalue weighted by atomic mass is 16.4. The number of H-pyrrole nitrogens is 1. The molecule has 0 saturated carbocycles. The number of likely N-dealkylation sites (tertiary alicyclic amines) is 1. The first-order chi connectivity index (χ1) is 11.5. The summed E-state index contributed by atoms with van der Waals surface area (Å²) in [5.74, 6) is -0.682. The first kappa shape index (κ1) is 16.0. The van der Waals surface area contributed by atoms with E-state index in [0.29, 0.717) is 23.4 Å². The Morgan fingerprint density at radius 2 is 2.25 bits per heavy atom. The fourth-order valence-electron chi connectivity index (χ4n) is 3.08. The van der Waals surface area contributed by atoms with Gasteiger partial charge < -0.3 is 20.3 Å². The van der Waals surface area contributed by atoms with Gasteiger partial charge in [0.2, 0.25) is 5.91 Å². The van der Waals surface area contributed by atoms with Gasteiger partial charge >= 0.3 is 5.97 Å². The van der Waals surface area contributed by atoms with Gasteiger partial charge in [-0.1, -0.05) is 6.58 Å². The number of aromatic amines is 1. The van der Waals surface area contributed by atoms with Crippen LogP contribution in [-0.2, 0) is 4.79 Å². The first-order valence-electron chi connectivity index (χ1n) is 7.76. The maximum atomic E-state index is 12.0. The number of amides is 1. The van der Waals surface area contributed by atoms with E-state index in [-0.39, 0.29) is 23.6 Å². The smallest absolute Gasteiger partial charge is 0.338 e. The Balaban J connectivity index is 1.87. The summed E-state index contributed by atoms with van der Waals surface area (Å²) >= 11 is 0.